The number of nitrogens with zero attached hydrogens (tertiary/aromatic N) is 1. The van der Waals surface area contributed by atoms with E-state index in [0.29, 0.717) is 4.47 Å². The molecule has 5 rings (SSSR count). The van der Waals surface area contributed by atoms with E-state index in [2.05, 4.69) is 15.9 Å². The van der Waals surface area contributed by atoms with E-state index in [1.165, 1.54) is 41.0 Å². The molecule has 1 heterocycles. The van der Waals surface area contributed by atoms with E-state index in [0.717, 1.165) is 0 Å². The van der Waals surface area contributed by atoms with Crippen LogP contribution in [0, 0.1) is 0 Å². The van der Waals surface area contributed by atoms with Crippen molar-refractivity contribution in [1.82, 2.24) is 4.57 Å². The minimum atomic E-state index is -0.224. The third kappa shape index (κ3) is 2.46. The maximum Gasteiger partial charge on any atom is 0.0646 e. The number of para-hydroxylation sites is 1. The summed E-state index contributed by atoms with van der Waals surface area (Å²) < 4.78 is 85.7. The number of aromatic nitrogens is 1. The summed E-state index contributed by atoms with van der Waals surface area (Å²) in [5, 5.41) is 0.297. The Labute approximate surface area is 174 Å². The number of fused-ring (bicyclic) bond motifs is 3. The predicted octanol–water partition coefficient (Wildman–Crippen LogP) is 7.21. The summed E-state index contributed by atoms with van der Waals surface area (Å²) in [5.41, 5.74) is 0.715. The van der Waals surface area contributed by atoms with Crippen LogP contribution in [0.4, 0.5) is 0 Å². The van der Waals surface area contributed by atoms with Crippen LogP contribution in [0.25, 0.3) is 38.6 Å². The van der Waals surface area contributed by atoms with E-state index in [4.69, 9.17) is 13.7 Å². The van der Waals surface area contributed by atoms with Crippen molar-refractivity contribution >= 4 is 37.7 Å². The molecule has 1 aromatic heterocycles. The summed E-state index contributed by atoms with van der Waals surface area (Å²) in [6.07, 6.45) is 0. The monoisotopic (exact) mass is 407 g/mol. The summed E-state index contributed by atoms with van der Waals surface area (Å²) in [4.78, 5) is 0. The smallest absolute Gasteiger partial charge is 0.0646 e. The second-order valence-electron chi connectivity index (χ2n) is 5.60. The zero-order chi connectivity index (χ0) is 26.2. The van der Waals surface area contributed by atoms with Gasteiger partial charge >= 0.3 is 0 Å². The van der Waals surface area contributed by atoms with Crippen molar-refractivity contribution in [2.24, 2.45) is 0 Å². The molecule has 0 saturated heterocycles. The Morgan fingerprint density at radius 2 is 1.42 bits per heavy atom. The van der Waals surface area contributed by atoms with E-state index in [9.17, 15) is 0 Å². The minimum absolute atomic E-state index is 0.00905. The maximum absolute atomic E-state index is 8.78. The lowest BCUT2D eigenvalue weighted by Gasteiger charge is -2.09. The molecule has 0 saturated carbocycles. The maximum atomic E-state index is 8.78. The van der Waals surface area contributed by atoms with Crippen LogP contribution in [-0.2, 0) is 0 Å². The van der Waals surface area contributed by atoms with Gasteiger partial charge in [-0.3, -0.25) is 0 Å². The summed E-state index contributed by atoms with van der Waals surface area (Å²) in [6.45, 7) is 0. The first kappa shape index (κ1) is 8.24. The van der Waals surface area contributed by atoms with Gasteiger partial charge in [-0.15, -0.1) is 0 Å². The van der Waals surface area contributed by atoms with Crippen LogP contribution in [0.5, 0.6) is 0 Å². The highest BCUT2D eigenvalue weighted by molar-refractivity contribution is 9.10. The third-order valence-corrected chi connectivity index (χ3v) is 4.50. The van der Waals surface area contributed by atoms with Crippen molar-refractivity contribution in [2.75, 3.05) is 0 Å². The van der Waals surface area contributed by atoms with Crippen molar-refractivity contribution < 1.29 is 13.7 Å². The zero-order valence-electron chi connectivity index (χ0n) is 23.3. The Kier molecular flexibility index (Phi) is 1.95. The van der Waals surface area contributed by atoms with Crippen LogP contribution < -0.4 is 0 Å². The largest absolute Gasteiger partial charge is 0.309 e. The van der Waals surface area contributed by atoms with Crippen LogP contribution in [0.15, 0.2) is 101 Å². The average Bonchev–Trinajstić information content (AvgIpc) is 3.12. The van der Waals surface area contributed by atoms with Gasteiger partial charge in [0.2, 0.25) is 0 Å². The fourth-order valence-electron chi connectivity index (χ4n) is 2.94. The van der Waals surface area contributed by atoms with E-state index in [-0.39, 0.29) is 99.0 Å². The first-order valence-corrected chi connectivity index (χ1v) is 8.62. The molecule has 0 aliphatic heterocycles. The molecule has 5 aromatic rings. The standard InChI is InChI=1S/C24H16BrN/c25-19-12-15-24-22(16-19)21-8-4-5-9-23(21)26(24)20-13-10-18(11-14-20)17-6-2-1-3-7-17/h1-16H/i1D,4D,6D,7D,8D,9D,13D,14D,15D,16D. The van der Waals surface area contributed by atoms with E-state index in [1.807, 2.05) is 0 Å². The third-order valence-electron chi connectivity index (χ3n) is 4.07. The highest BCUT2D eigenvalue weighted by Gasteiger charge is 2.12. The molecule has 1 nitrogen and oxygen atoms in total. The molecule has 2 heteroatoms. The van der Waals surface area contributed by atoms with Crippen LogP contribution in [-0.4, -0.2) is 4.57 Å². The van der Waals surface area contributed by atoms with Crippen molar-refractivity contribution in [1.29, 1.82) is 0 Å². The summed E-state index contributed by atoms with van der Waals surface area (Å²) >= 11 is 3.27. The fourth-order valence-corrected chi connectivity index (χ4v) is 3.25. The first-order valence-electron chi connectivity index (χ1n) is 12.8. The molecule has 0 amide bonds. The van der Waals surface area contributed by atoms with Crippen LogP contribution in [0.1, 0.15) is 13.7 Å². The lowest BCUT2D eigenvalue weighted by Crippen LogP contribution is -1.93. The molecule has 26 heavy (non-hydrogen) atoms. The molecule has 4 aromatic carbocycles. The molecule has 0 aliphatic rings. The van der Waals surface area contributed by atoms with E-state index in [1.54, 1.807) is 0 Å². The van der Waals surface area contributed by atoms with Crippen molar-refractivity contribution in [3.8, 4) is 16.8 Å². The average molecular weight is 408 g/mol. The summed E-state index contributed by atoms with van der Waals surface area (Å²) in [5.74, 6) is 0. The van der Waals surface area contributed by atoms with Crippen LogP contribution in [0.2, 0.25) is 0 Å². The van der Waals surface area contributed by atoms with Gasteiger partial charge in [-0.25, -0.2) is 0 Å². The highest BCUT2D eigenvalue weighted by Crippen LogP contribution is 2.34. The van der Waals surface area contributed by atoms with E-state index >= 15 is 0 Å². The molecule has 0 atom stereocenters. The minimum Gasteiger partial charge on any atom is -0.309 e. The van der Waals surface area contributed by atoms with Crippen molar-refractivity contribution in [3.05, 3.63) is 101 Å². The molecule has 124 valence electrons. The number of hydrogen-bond acceptors (Lipinski definition) is 0. The number of halogens is 1. The predicted molar refractivity (Wildman–Crippen MR) is 114 cm³/mol. The first-order chi connectivity index (χ1) is 16.9. The highest BCUT2D eigenvalue weighted by atomic mass is 79.9. The number of benzene rings is 4. The Morgan fingerprint density at radius 1 is 0.692 bits per heavy atom. The van der Waals surface area contributed by atoms with Gasteiger partial charge in [0, 0.05) is 20.9 Å². The van der Waals surface area contributed by atoms with Crippen LogP contribution in [0.3, 0.4) is 0 Å². The lowest BCUT2D eigenvalue weighted by atomic mass is 10.1. The Hall–Kier alpha value is -2.84. The van der Waals surface area contributed by atoms with Gasteiger partial charge in [0.05, 0.1) is 24.7 Å². The summed E-state index contributed by atoms with van der Waals surface area (Å²) in [7, 11) is 0. The molecule has 0 unspecified atom stereocenters. The molecule has 0 aliphatic carbocycles. The fraction of sp³-hybridized carbons (Fsp3) is 0. The van der Waals surface area contributed by atoms with Crippen molar-refractivity contribution in [3.63, 3.8) is 0 Å². The second-order valence-corrected chi connectivity index (χ2v) is 6.46. The van der Waals surface area contributed by atoms with Gasteiger partial charge in [-0.2, -0.15) is 0 Å². The van der Waals surface area contributed by atoms with Gasteiger partial charge in [0.1, 0.15) is 0 Å². The Bertz CT molecular complexity index is 1640. The van der Waals surface area contributed by atoms with E-state index < -0.39 is 0 Å². The SMILES string of the molecule is [2H]c1cc([2H])c(-c2cc([2H])c(-n3c4c([2H])cc([2H])c([2H])c4c4c([2H])c(Br)cc([2H])c43)c([2H])c2)c([2H])c1. The number of hydrogen-bond donors (Lipinski definition) is 0. The summed E-state index contributed by atoms with van der Waals surface area (Å²) in [6, 6.07) is 6.73. The molecular formula is C24H16BrN. The van der Waals surface area contributed by atoms with Crippen LogP contribution >= 0.6 is 15.9 Å². The normalized spacial score (nSPS) is 16.7. The zero-order valence-corrected chi connectivity index (χ0v) is 14.9. The van der Waals surface area contributed by atoms with Gasteiger partial charge < -0.3 is 4.57 Å². The molecule has 0 N–H and O–H groups in total. The second kappa shape index (κ2) is 6.15. The molecule has 0 spiro atoms. The molecular weight excluding hydrogens is 382 g/mol. The molecule has 0 fully saturated rings. The quantitative estimate of drug-likeness (QED) is 0.291. The van der Waals surface area contributed by atoms with Crippen molar-refractivity contribution in [2.45, 2.75) is 0 Å². The number of rotatable bonds is 2. The topological polar surface area (TPSA) is 4.93 Å². The molecule has 0 radical (unpaired) electrons. The lowest BCUT2D eigenvalue weighted by molar-refractivity contribution is 1.18. The Morgan fingerprint density at radius 3 is 2.23 bits per heavy atom. The van der Waals surface area contributed by atoms with Gasteiger partial charge in [-0.1, -0.05) is 76.5 Å². The Balaban J connectivity index is 1.94. The van der Waals surface area contributed by atoms with Gasteiger partial charge in [-0.05, 0) is 47.4 Å². The van der Waals surface area contributed by atoms with Gasteiger partial charge in [0.25, 0.3) is 0 Å². The molecule has 0 bridgehead atoms. The van der Waals surface area contributed by atoms with Gasteiger partial charge in [0.15, 0.2) is 0 Å².